The average Bonchev–Trinajstić information content (AvgIpc) is 2.57. The Hall–Kier alpha value is -2.86. The fraction of sp³-hybridized carbons (Fsp3) is 0.167. The highest BCUT2D eigenvalue weighted by Crippen LogP contribution is 2.29. The number of amides is 1. The van der Waals surface area contributed by atoms with E-state index in [0.717, 1.165) is 0 Å². The molecule has 0 saturated carbocycles. The molecule has 1 N–H and O–H groups in total. The first-order valence-electron chi connectivity index (χ1n) is 7.54. The standard InChI is InChI=1S/C18H17ClN2O4/c1-3-24-17-10-13(11-20-21-12(2)22)4-9-16(17)25-18(23)14-5-7-15(19)8-6-14/h4-11H,3H2,1-2H3,(H,21,22)/b20-11-. The van der Waals surface area contributed by atoms with Crippen LogP contribution < -0.4 is 14.9 Å². The van der Waals surface area contributed by atoms with E-state index in [4.69, 9.17) is 21.1 Å². The van der Waals surface area contributed by atoms with Crippen LogP contribution in [0.2, 0.25) is 5.02 Å². The molecular formula is C18H17ClN2O4. The number of nitrogens with zero attached hydrogens (tertiary/aromatic N) is 1. The molecule has 0 aliphatic heterocycles. The molecule has 7 heteroatoms. The molecule has 2 aromatic rings. The Morgan fingerprint density at radius 1 is 1.16 bits per heavy atom. The van der Waals surface area contributed by atoms with E-state index in [-0.39, 0.29) is 5.91 Å². The van der Waals surface area contributed by atoms with Crippen molar-refractivity contribution in [2.75, 3.05) is 6.61 Å². The minimum absolute atomic E-state index is 0.269. The number of halogens is 1. The summed E-state index contributed by atoms with van der Waals surface area (Å²) < 4.78 is 10.9. The molecule has 1 amide bonds. The van der Waals surface area contributed by atoms with Crippen molar-refractivity contribution in [3.8, 4) is 11.5 Å². The molecule has 0 spiro atoms. The van der Waals surface area contributed by atoms with Crippen molar-refractivity contribution in [3.05, 3.63) is 58.6 Å². The molecular weight excluding hydrogens is 344 g/mol. The topological polar surface area (TPSA) is 77.0 Å². The lowest BCUT2D eigenvalue weighted by molar-refractivity contribution is -0.118. The molecule has 0 aliphatic rings. The summed E-state index contributed by atoms with van der Waals surface area (Å²) in [5.74, 6) is -0.0952. The van der Waals surface area contributed by atoms with Gasteiger partial charge in [0, 0.05) is 11.9 Å². The minimum atomic E-state index is -0.516. The summed E-state index contributed by atoms with van der Waals surface area (Å²) in [4.78, 5) is 23.0. The van der Waals surface area contributed by atoms with Crippen LogP contribution in [0.1, 0.15) is 29.8 Å². The van der Waals surface area contributed by atoms with E-state index >= 15 is 0 Å². The maximum atomic E-state index is 12.2. The molecule has 0 bridgehead atoms. The maximum Gasteiger partial charge on any atom is 0.343 e. The molecule has 0 heterocycles. The van der Waals surface area contributed by atoms with Gasteiger partial charge in [-0.2, -0.15) is 5.10 Å². The Balaban J connectivity index is 2.18. The summed E-state index contributed by atoms with van der Waals surface area (Å²) in [5.41, 5.74) is 3.37. The van der Waals surface area contributed by atoms with Crippen molar-refractivity contribution in [2.45, 2.75) is 13.8 Å². The molecule has 0 radical (unpaired) electrons. The molecule has 0 fully saturated rings. The molecule has 0 unspecified atom stereocenters. The van der Waals surface area contributed by atoms with E-state index in [9.17, 15) is 9.59 Å². The average molecular weight is 361 g/mol. The van der Waals surface area contributed by atoms with Crippen LogP contribution in [0.5, 0.6) is 11.5 Å². The zero-order valence-electron chi connectivity index (χ0n) is 13.8. The number of carbonyl (C=O) groups excluding carboxylic acids is 2. The van der Waals surface area contributed by atoms with Gasteiger partial charge in [-0.1, -0.05) is 11.6 Å². The van der Waals surface area contributed by atoms with Crippen LogP contribution in [0.15, 0.2) is 47.6 Å². The first-order chi connectivity index (χ1) is 12.0. The van der Waals surface area contributed by atoms with Crippen molar-refractivity contribution < 1.29 is 19.1 Å². The molecule has 0 aliphatic carbocycles. The number of hydrogen-bond acceptors (Lipinski definition) is 5. The SMILES string of the molecule is CCOc1cc(/C=N\NC(C)=O)ccc1OC(=O)c1ccc(Cl)cc1. The predicted octanol–water partition coefficient (Wildman–Crippen LogP) is 3.43. The van der Waals surface area contributed by atoms with Gasteiger partial charge in [-0.25, -0.2) is 10.2 Å². The van der Waals surface area contributed by atoms with Crippen molar-refractivity contribution in [1.82, 2.24) is 5.43 Å². The Kier molecular flexibility index (Phi) is 6.54. The number of benzene rings is 2. The third kappa shape index (κ3) is 5.61. The maximum absolute atomic E-state index is 12.2. The Morgan fingerprint density at radius 3 is 2.52 bits per heavy atom. The highest BCUT2D eigenvalue weighted by atomic mass is 35.5. The van der Waals surface area contributed by atoms with Gasteiger partial charge in [0.2, 0.25) is 5.91 Å². The summed E-state index contributed by atoms with van der Waals surface area (Å²) >= 11 is 5.81. The third-order valence-corrected chi connectivity index (χ3v) is 3.24. The number of ether oxygens (including phenoxy) is 2. The fourth-order valence-corrected chi connectivity index (χ4v) is 2.03. The second kappa shape index (κ2) is 8.84. The normalized spacial score (nSPS) is 10.5. The van der Waals surface area contributed by atoms with Crippen molar-refractivity contribution in [1.29, 1.82) is 0 Å². The van der Waals surface area contributed by atoms with E-state index in [1.54, 1.807) is 42.5 Å². The quantitative estimate of drug-likeness (QED) is 0.370. The van der Waals surface area contributed by atoms with E-state index in [1.807, 2.05) is 6.92 Å². The lowest BCUT2D eigenvalue weighted by Crippen LogP contribution is -2.12. The van der Waals surface area contributed by atoms with Gasteiger partial charge in [0.1, 0.15) is 0 Å². The molecule has 2 rings (SSSR count). The summed E-state index contributed by atoms with van der Waals surface area (Å²) in [6, 6.07) is 11.4. The smallest absolute Gasteiger partial charge is 0.343 e. The van der Waals surface area contributed by atoms with Crippen molar-refractivity contribution in [2.24, 2.45) is 5.10 Å². The van der Waals surface area contributed by atoms with Crippen LogP contribution in [0.25, 0.3) is 0 Å². The highest BCUT2D eigenvalue weighted by Gasteiger charge is 2.13. The number of rotatable bonds is 6. The second-order valence-electron chi connectivity index (χ2n) is 4.96. The van der Waals surface area contributed by atoms with Crippen molar-refractivity contribution >= 4 is 29.7 Å². The molecule has 2 aromatic carbocycles. The predicted molar refractivity (Wildman–Crippen MR) is 95.4 cm³/mol. The molecule has 130 valence electrons. The van der Waals surface area contributed by atoms with Gasteiger partial charge in [-0.15, -0.1) is 0 Å². The van der Waals surface area contributed by atoms with Gasteiger partial charge < -0.3 is 9.47 Å². The Bertz CT molecular complexity index is 788. The van der Waals surface area contributed by atoms with Crippen LogP contribution in [-0.4, -0.2) is 24.7 Å². The van der Waals surface area contributed by atoms with E-state index in [2.05, 4.69) is 10.5 Å². The second-order valence-corrected chi connectivity index (χ2v) is 5.40. The number of carbonyl (C=O) groups is 2. The summed E-state index contributed by atoms with van der Waals surface area (Å²) in [6.45, 7) is 3.59. The molecule has 0 aromatic heterocycles. The van der Waals surface area contributed by atoms with E-state index in [1.165, 1.54) is 13.1 Å². The van der Waals surface area contributed by atoms with Crippen LogP contribution in [0, 0.1) is 0 Å². The van der Waals surface area contributed by atoms with Gasteiger partial charge >= 0.3 is 5.97 Å². The molecule has 0 saturated heterocycles. The zero-order chi connectivity index (χ0) is 18.2. The van der Waals surface area contributed by atoms with E-state index in [0.29, 0.717) is 34.3 Å². The summed E-state index contributed by atoms with van der Waals surface area (Å²) in [7, 11) is 0. The number of hydrazone groups is 1. The summed E-state index contributed by atoms with van der Waals surface area (Å²) in [6.07, 6.45) is 1.47. The van der Waals surface area contributed by atoms with E-state index < -0.39 is 5.97 Å². The molecule has 6 nitrogen and oxygen atoms in total. The van der Waals surface area contributed by atoms with Gasteiger partial charge in [0.15, 0.2) is 11.5 Å². The molecule has 0 atom stereocenters. The zero-order valence-corrected chi connectivity index (χ0v) is 14.5. The van der Waals surface area contributed by atoms with Gasteiger partial charge in [-0.05, 0) is 55.0 Å². The first kappa shape index (κ1) is 18.5. The third-order valence-electron chi connectivity index (χ3n) is 2.99. The van der Waals surface area contributed by atoms with Crippen LogP contribution in [0.3, 0.4) is 0 Å². The van der Waals surface area contributed by atoms with Gasteiger partial charge in [-0.3, -0.25) is 4.79 Å². The minimum Gasteiger partial charge on any atom is -0.490 e. The number of hydrogen-bond donors (Lipinski definition) is 1. The van der Waals surface area contributed by atoms with Crippen LogP contribution in [0.4, 0.5) is 0 Å². The number of nitrogens with one attached hydrogen (secondary N) is 1. The fourth-order valence-electron chi connectivity index (χ4n) is 1.90. The Morgan fingerprint density at radius 2 is 1.88 bits per heavy atom. The van der Waals surface area contributed by atoms with Crippen molar-refractivity contribution in [3.63, 3.8) is 0 Å². The largest absolute Gasteiger partial charge is 0.490 e. The highest BCUT2D eigenvalue weighted by molar-refractivity contribution is 6.30. The van der Waals surface area contributed by atoms with Gasteiger partial charge in [0.25, 0.3) is 0 Å². The van der Waals surface area contributed by atoms with Crippen LogP contribution >= 0.6 is 11.6 Å². The lowest BCUT2D eigenvalue weighted by atomic mass is 10.2. The van der Waals surface area contributed by atoms with Crippen LogP contribution in [-0.2, 0) is 4.79 Å². The first-order valence-corrected chi connectivity index (χ1v) is 7.91. The lowest BCUT2D eigenvalue weighted by Gasteiger charge is -2.11. The van der Waals surface area contributed by atoms with Gasteiger partial charge in [0.05, 0.1) is 18.4 Å². The molecule has 25 heavy (non-hydrogen) atoms. The number of esters is 1. The monoisotopic (exact) mass is 360 g/mol. The summed E-state index contributed by atoms with van der Waals surface area (Å²) in [5, 5.41) is 4.32. The Labute approximate surface area is 150 Å².